The molecule has 0 spiro atoms. The van der Waals surface area contributed by atoms with E-state index in [1.807, 2.05) is 0 Å². The van der Waals surface area contributed by atoms with E-state index in [9.17, 15) is 22.7 Å². The zero-order valence-corrected chi connectivity index (χ0v) is 13.3. The number of carboxylic acid groups (broad SMARTS) is 1. The van der Waals surface area contributed by atoms with Crippen LogP contribution in [0.4, 0.5) is 4.39 Å². The maximum Gasteiger partial charge on any atom is 0.308 e. The third kappa shape index (κ3) is 2.84. The molecular formula is C16H12ClFO4S. The molecule has 0 aromatic heterocycles. The van der Waals surface area contributed by atoms with Crippen LogP contribution < -0.4 is 0 Å². The monoisotopic (exact) mass is 354 g/mol. The van der Waals surface area contributed by atoms with Crippen LogP contribution in [0.15, 0.2) is 53.4 Å². The Bertz CT molecular complexity index is 847. The van der Waals surface area contributed by atoms with E-state index in [1.54, 1.807) is 0 Å². The molecule has 3 atom stereocenters. The molecule has 0 amide bonds. The largest absolute Gasteiger partial charge is 0.481 e. The number of aliphatic carboxylic acids is 1. The van der Waals surface area contributed by atoms with Crippen LogP contribution in [0.1, 0.15) is 11.5 Å². The predicted molar refractivity (Wildman–Crippen MR) is 82.7 cm³/mol. The first-order valence-corrected chi connectivity index (χ1v) is 8.72. The standard InChI is InChI=1S/C16H12ClFO4S/c17-10-3-7-12(8-4-10)23(21,22)15-13(14(15)16(19)20)9-1-5-11(18)6-2-9/h1-8,13-15H,(H,19,20)/t13-,14-,15-/m0/s1. The van der Waals surface area contributed by atoms with Crippen molar-refractivity contribution in [3.8, 4) is 0 Å². The number of carboxylic acids is 1. The van der Waals surface area contributed by atoms with Crippen molar-refractivity contribution in [3.05, 3.63) is 64.9 Å². The summed E-state index contributed by atoms with van der Waals surface area (Å²) in [6.45, 7) is 0. The van der Waals surface area contributed by atoms with Crippen LogP contribution in [-0.4, -0.2) is 24.7 Å². The number of hydrogen-bond acceptors (Lipinski definition) is 3. The average molecular weight is 355 g/mol. The third-order valence-electron chi connectivity index (χ3n) is 3.99. The Kier molecular flexibility index (Phi) is 3.90. The van der Waals surface area contributed by atoms with E-state index in [1.165, 1.54) is 48.5 Å². The minimum absolute atomic E-state index is 0.0303. The molecule has 0 saturated heterocycles. The van der Waals surface area contributed by atoms with Crippen molar-refractivity contribution in [1.29, 1.82) is 0 Å². The van der Waals surface area contributed by atoms with E-state index in [4.69, 9.17) is 11.6 Å². The molecule has 0 heterocycles. The Morgan fingerprint density at radius 2 is 1.61 bits per heavy atom. The molecule has 7 heteroatoms. The van der Waals surface area contributed by atoms with Crippen LogP contribution in [0, 0.1) is 11.7 Å². The van der Waals surface area contributed by atoms with Crippen LogP contribution >= 0.6 is 11.6 Å². The highest BCUT2D eigenvalue weighted by atomic mass is 35.5. The van der Waals surface area contributed by atoms with Crippen molar-refractivity contribution in [2.24, 2.45) is 5.92 Å². The molecule has 1 fully saturated rings. The van der Waals surface area contributed by atoms with Gasteiger partial charge >= 0.3 is 5.97 Å². The number of sulfone groups is 1. The molecule has 23 heavy (non-hydrogen) atoms. The molecular weight excluding hydrogens is 343 g/mol. The van der Waals surface area contributed by atoms with Crippen molar-refractivity contribution in [2.45, 2.75) is 16.1 Å². The zero-order valence-electron chi connectivity index (χ0n) is 11.7. The Balaban J connectivity index is 1.98. The Morgan fingerprint density at radius 1 is 1.04 bits per heavy atom. The normalized spacial score (nSPS) is 23.5. The minimum Gasteiger partial charge on any atom is -0.481 e. The summed E-state index contributed by atoms with van der Waals surface area (Å²) in [6, 6.07) is 10.8. The first kappa shape index (κ1) is 16.0. The van der Waals surface area contributed by atoms with Gasteiger partial charge in [0, 0.05) is 10.9 Å². The van der Waals surface area contributed by atoms with Crippen molar-refractivity contribution >= 4 is 27.4 Å². The summed E-state index contributed by atoms with van der Waals surface area (Å²) < 4.78 is 38.4. The second-order valence-corrected chi connectivity index (χ2v) is 7.95. The molecule has 0 radical (unpaired) electrons. The van der Waals surface area contributed by atoms with E-state index in [-0.39, 0.29) is 4.90 Å². The van der Waals surface area contributed by atoms with Gasteiger partial charge in [-0.15, -0.1) is 0 Å². The smallest absolute Gasteiger partial charge is 0.308 e. The third-order valence-corrected chi connectivity index (χ3v) is 6.48. The molecule has 2 aromatic rings. The molecule has 1 aliphatic carbocycles. The lowest BCUT2D eigenvalue weighted by atomic mass is 10.1. The van der Waals surface area contributed by atoms with Gasteiger partial charge in [-0.05, 0) is 42.0 Å². The number of benzene rings is 2. The van der Waals surface area contributed by atoms with Crippen LogP contribution in [0.2, 0.25) is 5.02 Å². The second kappa shape index (κ2) is 5.62. The Hall–Kier alpha value is -1.92. The van der Waals surface area contributed by atoms with E-state index in [2.05, 4.69) is 0 Å². The molecule has 3 rings (SSSR count). The summed E-state index contributed by atoms with van der Waals surface area (Å²) in [4.78, 5) is 11.4. The summed E-state index contributed by atoms with van der Waals surface area (Å²) >= 11 is 5.75. The van der Waals surface area contributed by atoms with Crippen LogP contribution in [0.25, 0.3) is 0 Å². The van der Waals surface area contributed by atoms with Crippen molar-refractivity contribution in [3.63, 3.8) is 0 Å². The number of halogens is 2. The number of carbonyl (C=O) groups is 1. The lowest BCUT2D eigenvalue weighted by Crippen LogP contribution is -2.13. The molecule has 4 nitrogen and oxygen atoms in total. The van der Waals surface area contributed by atoms with Crippen LogP contribution in [-0.2, 0) is 14.6 Å². The van der Waals surface area contributed by atoms with Gasteiger partial charge in [0.15, 0.2) is 9.84 Å². The fourth-order valence-electron chi connectivity index (χ4n) is 2.83. The molecule has 0 bridgehead atoms. The number of rotatable bonds is 4. The van der Waals surface area contributed by atoms with Gasteiger partial charge in [0.05, 0.1) is 16.1 Å². The first-order valence-electron chi connectivity index (χ1n) is 6.80. The lowest BCUT2D eigenvalue weighted by Gasteiger charge is -2.04. The van der Waals surface area contributed by atoms with E-state index in [0.717, 1.165) is 0 Å². The molecule has 2 aromatic carbocycles. The predicted octanol–water partition coefficient (Wildman–Crippen LogP) is 3.12. The van der Waals surface area contributed by atoms with E-state index >= 15 is 0 Å². The van der Waals surface area contributed by atoms with Crippen molar-refractivity contribution in [2.75, 3.05) is 0 Å². The second-order valence-electron chi connectivity index (χ2n) is 5.40. The van der Waals surface area contributed by atoms with Gasteiger partial charge in [0.2, 0.25) is 0 Å². The Morgan fingerprint density at radius 3 is 2.13 bits per heavy atom. The summed E-state index contributed by atoms with van der Waals surface area (Å²) in [7, 11) is -3.82. The highest BCUT2D eigenvalue weighted by Crippen LogP contribution is 2.54. The quantitative estimate of drug-likeness (QED) is 0.915. The van der Waals surface area contributed by atoms with Gasteiger partial charge in [0.25, 0.3) is 0 Å². The van der Waals surface area contributed by atoms with Crippen LogP contribution in [0.5, 0.6) is 0 Å². The lowest BCUT2D eigenvalue weighted by molar-refractivity contribution is -0.138. The minimum atomic E-state index is -3.82. The topological polar surface area (TPSA) is 71.4 Å². The van der Waals surface area contributed by atoms with Gasteiger partial charge in [-0.2, -0.15) is 0 Å². The molecule has 1 aliphatic rings. The Labute approximate surface area is 137 Å². The summed E-state index contributed by atoms with van der Waals surface area (Å²) in [5.41, 5.74) is 0.501. The fraction of sp³-hybridized carbons (Fsp3) is 0.188. The molecule has 1 saturated carbocycles. The van der Waals surface area contributed by atoms with E-state index < -0.39 is 38.7 Å². The van der Waals surface area contributed by atoms with Gasteiger partial charge in [-0.3, -0.25) is 4.79 Å². The molecule has 1 N–H and O–H groups in total. The van der Waals surface area contributed by atoms with Gasteiger partial charge in [-0.1, -0.05) is 23.7 Å². The van der Waals surface area contributed by atoms with Crippen LogP contribution in [0.3, 0.4) is 0 Å². The van der Waals surface area contributed by atoms with E-state index in [0.29, 0.717) is 10.6 Å². The maximum atomic E-state index is 13.0. The summed E-state index contributed by atoms with van der Waals surface area (Å²) in [5, 5.41) is 8.63. The van der Waals surface area contributed by atoms with Crippen molar-refractivity contribution in [1.82, 2.24) is 0 Å². The van der Waals surface area contributed by atoms with Gasteiger partial charge < -0.3 is 5.11 Å². The maximum absolute atomic E-state index is 13.0. The fourth-order valence-corrected chi connectivity index (χ4v) is 5.08. The SMILES string of the molecule is O=C(O)[C@H]1[C@H](c2ccc(F)cc2)[C@@H]1S(=O)(=O)c1ccc(Cl)cc1. The molecule has 120 valence electrons. The van der Waals surface area contributed by atoms with Gasteiger partial charge in [0.1, 0.15) is 5.82 Å². The highest BCUT2D eigenvalue weighted by molar-refractivity contribution is 7.92. The van der Waals surface area contributed by atoms with Gasteiger partial charge in [-0.25, -0.2) is 12.8 Å². The first-order chi connectivity index (χ1) is 10.8. The zero-order chi connectivity index (χ0) is 16.8. The molecule has 0 aliphatic heterocycles. The molecule has 0 unspecified atom stereocenters. The average Bonchev–Trinajstić information content (AvgIpc) is 3.25. The summed E-state index contributed by atoms with van der Waals surface area (Å²) in [6.07, 6.45) is 0. The highest BCUT2D eigenvalue weighted by Gasteiger charge is 2.63. The number of hydrogen-bond donors (Lipinski definition) is 1. The summed E-state index contributed by atoms with van der Waals surface area (Å²) in [5.74, 6) is -3.37. The van der Waals surface area contributed by atoms with Crippen molar-refractivity contribution < 1.29 is 22.7 Å².